The van der Waals surface area contributed by atoms with Crippen molar-refractivity contribution in [2.24, 2.45) is 23.5 Å². The van der Waals surface area contributed by atoms with Crippen LogP contribution in [0.5, 0.6) is 0 Å². The fourth-order valence-electron chi connectivity index (χ4n) is 4.38. The number of likely N-dealkylation sites (tertiary alicyclic amines) is 1. The summed E-state index contributed by atoms with van der Waals surface area (Å²) in [6.45, 7) is 1.94. The van der Waals surface area contributed by atoms with Crippen LogP contribution >= 0.6 is 0 Å². The fourth-order valence-corrected chi connectivity index (χ4v) is 4.38. The summed E-state index contributed by atoms with van der Waals surface area (Å²) in [5.74, 6) is 1.78. The number of nitrogens with two attached hydrogens (primary N) is 1. The molecule has 2 saturated carbocycles. The van der Waals surface area contributed by atoms with Crippen molar-refractivity contribution in [2.45, 2.75) is 57.4 Å². The highest BCUT2D eigenvalue weighted by atomic mass is 16.2. The van der Waals surface area contributed by atoms with Crippen LogP contribution in [0.2, 0.25) is 0 Å². The Bertz CT molecular complexity index is 308. The van der Waals surface area contributed by atoms with Gasteiger partial charge in [0.15, 0.2) is 0 Å². The highest BCUT2D eigenvalue weighted by Crippen LogP contribution is 2.48. The van der Waals surface area contributed by atoms with Gasteiger partial charge in [0.2, 0.25) is 5.91 Å². The molecular weight excluding hydrogens is 224 g/mol. The van der Waals surface area contributed by atoms with E-state index in [1.807, 2.05) is 0 Å². The number of rotatable bonds is 1. The van der Waals surface area contributed by atoms with Gasteiger partial charge in [-0.25, -0.2) is 0 Å². The van der Waals surface area contributed by atoms with E-state index in [-0.39, 0.29) is 12.0 Å². The third kappa shape index (κ3) is 2.18. The number of carbonyl (C=O) groups is 1. The lowest BCUT2D eigenvalue weighted by atomic mass is 9.84. The van der Waals surface area contributed by atoms with Gasteiger partial charge < -0.3 is 10.6 Å². The van der Waals surface area contributed by atoms with Gasteiger partial charge in [-0.3, -0.25) is 4.79 Å². The van der Waals surface area contributed by atoms with Gasteiger partial charge in [0.1, 0.15) is 0 Å². The summed E-state index contributed by atoms with van der Waals surface area (Å²) in [5, 5.41) is 0. The zero-order chi connectivity index (χ0) is 12.5. The Labute approximate surface area is 110 Å². The number of nitrogens with zero attached hydrogens (tertiary/aromatic N) is 1. The van der Waals surface area contributed by atoms with E-state index in [0.717, 1.165) is 13.1 Å². The molecule has 3 aliphatic rings. The van der Waals surface area contributed by atoms with E-state index >= 15 is 0 Å². The molecule has 18 heavy (non-hydrogen) atoms. The lowest BCUT2D eigenvalue weighted by Gasteiger charge is -2.33. The second-order valence-corrected chi connectivity index (χ2v) is 6.53. The summed E-state index contributed by atoms with van der Waals surface area (Å²) in [6, 6.07) is 0.154. The first-order valence-electron chi connectivity index (χ1n) is 7.82. The SMILES string of the molecule is NC1C2CCC(C2)C1C(=O)N1CCCCCCC1. The zero-order valence-electron chi connectivity index (χ0n) is 11.3. The minimum absolute atomic E-state index is 0.154. The van der Waals surface area contributed by atoms with Crippen molar-refractivity contribution in [3.8, 4) is 0 Å². The van der Waals surface area contributed by atoms with Gasteiger partial charge in [-0.15, -0.1) is 0 Å². The Morgan fingerprint density at radius 1 is 0.944 bits per heavy atom. The molecule has 1 heterocycles. The molecule has 2 bridgehead atoms. The van der Waals surface area contributed by atoms with E-state index in [1.54, 1.807) is 0 Å². The molecule has 3 nitrogen and oxygen atoms in total. The maximum atomic E-state index is 12.7. The summed E-state index contributed by atoms with van der Waals surface area (Å²) in [5.41, 5.74) is 6.29. The molecule has 1 aliphatic heterocycles. The Kier molecular flexibility index (Phi) is 3.60. The predicted molar refractivity (Wildman–Crippen MR) is 72.0 cm³/mol. The highest BCUT2D eigenvalue weighted by Gasteiger charge is 2.49. The maximum Gasteiger partial charge on any atom is 0.227 e. The molecule has 1 amide bonds. The van der Waals surface area contributed by atoms with Gasteiger partial charge in [0, 0.05) is 19.1 Å². The summed E-state index contributed by atoms with van der Waals surface area (Å²) < 4.78 is 0. The highest BCUT2D eigenvalue weighted by molar-refractivity contribution is 5.80. The molecule has 3 rings (SSSR count). The van der Waals surface area contributed by atoms with Crippen molar-refractivity contribution in [3.63, 3.8) is 0 Å². The molecular formula is C15H26N2O. The molecule has 0 aromatic heterocycles. The van der Waals surface area contributed by atoms with Crippen molar-refractivity contribution >= 4 is 5.91 Å². The molecule has 4 unspecified atom stereocenters. The minimum atomic E-state index is 0.154. The van der Waals surface area contributed by atoms with Gasteiger partial charge in [-0.1, -0.05) is 19.3 Å². The standard InChI is InChI=1S/C15H26N2O/c16-14-12-7-6-11(10-12)13(14)15(18)17-8-4-2-1-3-5-9-17/h11-14H,1-10,16H2. The second kappa shape index (κ2) is 5.20. The molecule has 0 aromatic rings. The Morgan fingerprint density at radius 3 is 2.17 bits per heavy atom. The molecule has 3 fully saturated rings. The topological polar surface area (TPSA) is 46.3 Å². The lowest BCUT2D eigenvalue weighted by molar-refractivity contribution is -0.138. The quantitative estimate of drug-likeness (QED) is 0.775. The van der Waals surface area contributed by atoms with Crippen LogP contribution in [0.3, 0.4) is 0 Å². The fraction of sp³-hybridized carbons (Fsp3) is 0.933. The number of hydrogen-bond donors (Lipinski definition) is 1. The van der Waals surface area contributed by atoms with Crippen LogP contribution in [0, 0.1) is 17.8 Å². The second-order valence-electron chi connectivity index (χ2n) is 6.53. The van der Waals surface area contributed by atoms with Gasteiger partial charge in [-0.2, -0.15) is 0 Å². The number of amides is 1. The van der Waals surface area contributed by atoms with Gasteiger partial charge in [-0.05, 0) is 43.9 Å². The molecule has 2 N–H and O–H groups in total. The van der Waals surface area contributed by atoms with Crippen LogP contribution in [0.15, 0.2) is 0 Å². The van der Waals surface area contributed by atoms with Crippen LogP contribution in [-0.4, -0.2) is 29.9 Å². The first-order chi connectivity index (χ1) is 8.77. The van der Waals surface area contributed by atoms with E-state index < -0.39 is 0 Å². The van der Waals surface area contributed by atoms with Crippen molar-refractivity contribution in [2.75, 3.05) is 13.1 Å². The van der Waals surface area contributed by atoms with Gasteiger partial charge in [0.25, 0.3) is 0 Å². The van der Waals surface area contributed by atoms with E-state index in [1.165, 1.54) is 51.4 Å². The molecule has 1 saturated heterocycles. The summed E-state index contributed by atoms with van der Waals surface area (Å²) in [7, 11) is 0. The monoisotopic (exact) mass is 250 g/mol. The largest absolute Gasteiger partial charge is 0.342 e. The molecule has 0 spiro atoms. The summed E-state index contributed by atoms with van der Waals surface area (Å²) in [6.07, 6.45) is 9.99. The van der Waals surface area contributed by atoms with Crippen molar-refractivity contribution in [1.82, 2.24) is 4.90 Å². The van der Waals surface area contributed by atoms with E-state index in [0.29, 0.717) is 17.7 Å². The van der Waals surface area contributed by atoms with Crippen molar-refractivity contribution in [3.05, 3.63) is 0 Å². The van der Waals surface area contributed by atoms with Gasteiger partial charge >= 0.3 is 0 Å². The lowest BCUT2D eigenvalue weighted by Crippen LogP contribution is -2.47. The number of hydrogen-bond acceptors (Lipinski definition) is 2. The normalized spacial score (nSPS) is 40.6. The first kappa shape index (κ1) is 12.5. The molecule has 102 valence electrons. The third-order valence-electron chi connectivity index (χ3n) is 5.43. The van der Waals surface area contributed by atoms with Crippen LogP contribution in [0.4, 0.5) is 0 Å². The average molecular weight is 250 g/mol. The molecule has 0 radical (unpaired) electrons. The third-order valence-corrected chi connectivity index (χ3v) is 5.43. The Morgan fingerprint density at radius 2 is 1.56 bits per heavy atom. The van der Waals surface area contributed by atoms with Crippen molar-refractivity contribution < 1.29 is 4.79 Å². The molecule has 4 atom stereocenters. The Hall–Kier alpha value is -0.570. The van der Waals surface area contributed by atoms with Crippen LogP contribution in [0.1, 0.15) is 51.4 Å². The first-order valence-corrected chi connectivity index (χ1v) is 7.82. The summed E-state index contributed by atoms with van der Waals surface area (Å²) >= 11 is 0. The minimum Gasteiger partial charge on any atom is -0.342 e. The van der Waals surface area contributed by atoms with Crippen LogP contribution < -0.4 is 5.73 Å². The predicted octanol–water partition coefficient (Wildman–Crippen LogP) is 2.15. The van der Waals surface area contributed by atoms with Gasteiger partial charge in [0.05, 0.1) is 5.92 Å². The van der Waals surface area contributed by atoms with Crippen LogP contribution in [0.25, 0.3) is 0 Å². The van der Waals surface area contributed by atoms with E-state index in [9.17, 15) is 4.79 Å². The number of carbonyl (C=O) groups excluding carboxylic acids is 1. The van der Waals surface area contributed by atoms with Crippen molar-refractivity contribution in [1.29, 1.82) is 0 Å². The Balaban J connectivity index is 1.65. The average Bonchev–Trinajstić information content (AvgIpc) is 2.88. The molecule has 0 aromatic carbocycles. The molecule has 2 aliphatic carbocycles. The summed E-state index contributed by atoms with van der Waals surface area (Å²) in [4.78, 5) is 14.8. The van der Waals surface area contributed by atoms with E-state index in [4.69, 9.17) is 5.73 Å². The van der Waals surface area contributed by atoms with Crippen LogP contribution in [-0.2, 0) is 4.79 Å². The maximum absolute atomic E-state index is 12.7. The zero-order valence-corrected chi connectivity index (χ0v) is 11.3. The van der Waals surface area contributed by atoms with E-state index in [2.05, 4.69) is 4.90 Å². The smallest absolute Gasteiger partial charge is 0.227 e. The molecule has 3 heteroatoms. The number of fused-ring (bicyclic) bond motifs is 2.